The Morgan fingerprint density at radius 1 is 1.48 bits per heavy atom. The summed E-state index contributed by atoms with van der Waals surface area (Å²) in [7, 11) is 0. The molecule has 0 spiro atoms. The summed E-state index contributed by atoms with van der Waals surface area (Å²) in [5.74, 6) is -1.85. The minimum absolute atomic E-state index is 0.139. The molecular formula is C15H17FN2O3. The molecule has 112 valence electrons. The largest absolute Gasteiger partial charge is 0.350 e. The van der Waals surface area contributed by atoms with Crippen molar-refractivity contribution >= 4 is 17.7 Å². The maximum Gasteiger partial charge on any atom is 0.243 e. The molecule has 3 amide bonds. The van der Waals surface area contributed by atoms with Crippen LogP contribution in [0.25, 0.3) is 0 Å². The van der Waals surface area contributed by atoms with Crippen molar-refractivity contribution in [2.75, 3.05) is 0 Å². The van der Waals surface area contributed by atoms with E-state index in [-0.39, 0.29) is 36.5 Å². The highest BCUT2D eigenvalue weighted by Gasteiger charge is 2.40. The SMILES string of the molecule is CC1CC(=O)N(C(C)C(=O)NCc2cccc(F)c2)C1=O. The predicted octanol–water partition coefficient (Wildman–Crippen LogP) is 1.23. The normalized spacial score (nSPS) is 19.8. The Hall–Kier alpha value is -2.24. The van der Waals surface area contributed by atoms with Gasteiger partial charge >= 0.3 is 0 Å². The van der Waals surface area contributed by atoms with Gasteiger partial charge in [-0.1, -0.05) is 19.1 Å². The van der Waals surface area contributed by atoms with E-state index in [1.54, 1.807) is 19.1 Å². The summed E-state index contributed by atoms with van der Waals surface area (Å²) in [5.41, 5.74) is 0.614. The fraction of sp³-hybridized carbons (Fsp3) is 0.400. The number of rotatable bonds is 4. The Morgan fingerprint density at radius 2 is 2.19 bits per heavy atom. The lowest BCUT2D eigenvalue weighted by molar-refractivity contribution is -0.146. The van der Waals surface area contributed by atoms with Crippen LogP contribution in [0, 0.1) is 11.7 Å². The molecule has 2 rings (SSSR count). The zero-order chi connectivity index (χ0) is 15.6. The van der Waals surface area contributed by atoms with Gasteiger partial charge in [0.1, 0.15) is 11.9 Å². The molecule has 0 bridgehead atoms. The number of nitrogens with one attached hydrogen (secondary N) is 1. The molecule has 0 radical (unpaired) electrons. The first kappa shape index (κ1) is 15.2. The average Bonchev–Trinajstić information content (AvgIpc) is 2.69. The second kappa shape index (κ2) is 6.03. The number of imide groups is 1. The van der Waals surface area contributed by atoms with E-state index in [0.717, 1.165) is 4.90 Å². The summed E-state index contributed by atoms with van der Waals surface area (Å²) < 4.78 is 13.0. The topological polar surface area (TPSA) is 66.5 Å². The van der Waals surface area contributed by atoms with Crippen LogP contribution in [0.3, 0.4) is 0 Å². The van der Waals surface area contributed by atoms with Gasteiger partial charge in [0.25, 0.3) is 0 Å². The van der Waals surface area contributed by atoms with Crippen LogP contribution >= 0.6 is 0 Å². The molecule has 1 fully saturated rings. The maximum atomic E-state index is 13.0. The first-order valence-electron chi connectivity index (χ1n) is 6.78. The maximum absolute atomic E-state index is 13.0. The smallest absolute Gasteiger partial charge is 0.243 e. The average molecular weight is 292 g/mol. The van der Waals surface area contributed by atoms with Gasteiger partial charge in [0.05, 0.1) is 0 Å². The molecule has 0 aliphatic carbocycles. The van der Waals surface area contributed by atoms with Crippen LogP contribution in [0.1, 0.15) is 25.8 Å². The summed E-state index contributed by atoms with van der Waals surface area (Å²) in [6.45, 7) is 3.32. The predicted molar refractivity (Wildman–Crippen MR) is 73.3 cm³/mol. The Morgan fingerprint density at radius 3 is 2.76 bits per heavy atom. The van der Waals surface area contributed by atoms with Gasteiger partial charge in [0, 0.05) is 18.9 Å². The van der Waals surface area contributed by atoms with Gasteiger partial charge in [0.15, 0.2) is 0 Å². The van der Waals surface area contributed by atoms with Gasteiger partial charge in [0.2, 0.25) is 17.7 Å². The molecule has 1 aliphatic rings. The molecule has 1 aromatic carbocycles. The number of carbonyl (C=O) groups is 3. The number of halogens is 1. The minimum Gasteiger partial charge on any atom is -0.350 e. The zero-order valence-electron chi connectivity index (χ0n) is 11.9. The molecule has 0 aromatic heterocycles. The molecule has 2 unspecified atom stereocenters. The third-order valence-electron chi connectivity index (χ3n) is 3.53. The zero-order valence-corrected chi connectivity index (χ0v) is 11.9. The number of hydrogen-bond acceptors (Lipinski definition) is 3. The van der Waals surface area contributed by atoms with Crippen molar-refractivity contribution in [1.29, 1.82) is 0 Å². The van der Waals surface area contributed by atoms with Crippen LogP contribution in [-0.4, -0.2) is 28.7 Å². The van der Waals surface area contributed by atoms with Crippen LogP contribution in [0.4, 0.5) is 4.39 Å². The number of nitrogens with zero attached hydrogens (tertiary/aromatic N) is 1. The second-order valence-corrected chi connectivity index (χ2v) is 5.23. The molecule has 1 aliphatic heterocycles. The van der Waals surface area contributed by atoms with Gasteiger partial charge in [-0.15, -0.1) is 0 Å². The van der Waals surface area contributed by atoms with Crippen molar-refractivity contribution in [2.24, 2.45) is 5.92 Å². The van der Waals surface area contributed by atoms with Gasteiger partial charge < -0.3 is 5.32 Å². The lowest BCUT2D eigenvalue weighted by atomic mass is 10.1. The molecular weight excluding hydrogens is 275 g/mol. The third-order valence-corrected chi connectivity index (χ3v) is 3.53. The fourth-order valence-corrected chi connectivity index (χ4v) is 2.32. The molecule has 0 saturated carbocycles. The lowest BCUT2D eigenvalue weighted by Gasteiger charge is -2.22. The number of benzene rings is 1. The van der Waals surface area contributed by atoms with E-state index in [0.29, 0.717) is 5.56 Å². The molecule has 1 heterocycles. The van der Waals surface area contributed by atoms with E-state index in [2.05, 4.69) is 5.32 Å². The lowest BCUT2D eigenvalue weighted by Crippen LogP contribution is -2.47. The van der Waals surface area contributed by atoms with E-state index in [1.807, 2.05) is 0 Å². The van der Waals surface area contributed by atoms with Gasteiger partial charge in [-0.3, -0.25) is 19.3 Å². The second-order valence-electron chi connectivity index (χ2n) is 5.23. The van der Waals surface area contributed by atoms with Crippen LogP contribution in [0.5, 0.6) is 0 Å². The molecule has 1 N–H and O–H groups in total. The summed E-state index contributed by atoms with van der Waals surface area (Å²) in [6, 6.07) is 5.01. The molecule has 5 nitrogen and oxygen atoms in total. The molecule has 6 heteroatoms. The Bertz CT molecular complexity index is 588. The Kier molecular flexibility index (Phi) is 4.35. The van der Waals surface area contributed by atoms with E-state index in [4.69, 9.17) is 0 Å². The number of carbonyl (C=O) groups excluding carboxylic acids is 3. The summed E-state index contributed by atoms with van der Waals surface area (Å²) >= 11 is 0. The highest BCUT2D eigenvalue weighted by molar-refractivity contribution is 6.06. The monoisotopic (exact) mass is 292 g/mol. The number of hydrogen-bond donors (Lipinski definition) is 1. The van der Waals surface area contributed by atoms with Crippen molar-refractivity contribution in [3.05, 3.63) is 35.6 Å². The van der Waals surface area contributed by atoms with Crippen molar-refractivity contribution < 1.29 is 18.8 Å². The van der Waals surface area contributed by atoms with Crippen molar-refractivity contribution in [3.63, 3.8) is 0 Å². The molecule has 21 heavy (non-hydrogen) atoms. The van der Waals surface area contributed by atoms with Gasteiger partial charge in [-0.2, -0.15) is 0 Å². The van der Waals surface area contributed by atoms with Gasteiger partial charge in [-0.25, -0.2) is 4.39 Å². The Labute approximate surface area is 122 Å². The first-order chi connectivity index (χ1) is 9.90. The van der Waals surface area contributed by atoms with Crippen molar-refractivity contribution in [3.8, 4) is 0 Å². The third kappa shape index (κ3) is 3.26. The van der Waals surface area contributed by atoms with Crippen LogP contribution in [0.2, 0.25) is 0 Å². The summed E-state index contributed by atoms with van der Waals surface area (Å²) in [4.78, 5) is 36.6. The highest BCUT2D eigenvalue weighted by atomic mass is 19.1. The fourth-order valence-electron chi connectivity index (χ4n) is 2.32. The quantitative estimate of drug-likeness (QED) is 0.849. The first-order valence-corrected chi connectivity index (χ1v) is 6.78. The van der Waals surface area contributed by atoms with E-state index in [1.165, 1.54) is 19.1 Å². The molecule has 1 aromatic rings. The van der Waals surface area contributed by atoms with Crippen LogP contribution in [-0.2, 0) is 20.9 Å². The molecule has 2 atom stereocenters. The van der Waals surface area contributed by atoms with Crippen LogP contribution in [0.15, 0.2) is 24.3 Å². The van der Waals surface area contributed by atoms with E-state index < -0.39 is 11.9 Å². The van der Waals surface area contributed by atoms with Crippen molar-refractivity contribution in [2.45, 2.75) is 32.9 Å². The molecule has 1 saturated heterocycles. The number of amides is 3. The standard InChI is InChI=1S/C15H17FN2O3/c1-9-6-13(19)18(15(9)21)10(2)14(20)17-8-11-4-3-5-12(16)7-11/h3-5,7,9-10H,6,8H2,1-2H3,(H,17,20). The van der Waals surface area contributed by atoms with E-state index >= 15 is 0 Å². The van der Waals surface area contributed by atoms with Gasteiger partial charge in [-0.05, 0) is 24.6 Å². The number of likely N-dealkylation sites (tertiary alicyclic amines) is 1. The van der Waals surface area contributed by atoms with E-state index in [9.17, 15) is 18.8 Å². The minimum atomic E-state index is -0.858. The Balaban J connectivity index is 1.97. The highest BCUT2D eigenvalue weighted by Crippen LogP contribution is 2.21. The summed E-state index contributed by atoms with van der Waals surface area (Å²) in [5, 5.41) is 2.61. The summed E-state index contributed by atoms with van der Waals surface area (Å²) in [6.07, 6.45) is 0.139. The van der Waals surface area contributed by atoms with Crippen LogP contribution < -0.4 is 5.32 Å². The van der Waals surface area contributed by atoms with Crippen molar-refractivity contribution in [1.82, 2.24) is 10.2 Å².